The van der Waals surface area contributed by atoms with Crippen molar-refractivity contribution >= 4 is 33.9 Å². The maximum absolute atomic E-state index is 12.4. The average Bonchev–Trinajstić information content (AvgIpc) is 2.62. The zero-order valence-corrected chi connectivity index (χ0v) is 14.4. The molecule has 0 aliphatic heterocycles. The van der Waals surface area contributed by atoms with Crippen LogP contribution in [0.15, 0.2) is 37.0 Å². The molecule has 0 amide bonds. The predicted molar refractivity (Wildman–Crippen MR) is 92.7 cm³/mol. The molecule has 3 aromatic rings. The number of carboxylic acid groups (broad SMARTS) is 2. The monoisotopic (exact) mass is 373 g/mol. The van der Waals surface area contributed by atoms with Gasteiger partial charge >= 0.3 is 11.9 Å². The van der Waals surface area contributed by atoms with Crippen LogP contribution in [0.5, 0.6) is 0 Å². The summed E-state index contributed by atoms with van der Waals surface area (Å²) in [6, 6.07) is 3.50. The fourth-order valence-electron chi connectivity index (χ4n) is 2.85. The standard InChI is InChI=1S/C18H15NO8/c1-3-4-8-15-9(11(19-25-2)6-13(26-15)17(21)22)5-10-12(20)7-14(18(23)24)27-16(8)10/h5-7H,3-4H2,1-2H3,(H,21,22)(H,23,24). The Morgan fingerprint density at radius 2 is 1.63 bits per heavy atom. The Balaban J connectivity index is 2.60. The number of carboxylic acids is 2. The molecule has 0 saturated carbocycles. The van der Waals surface area contributed by atoms with Crippen LogP contribution in [0.4, 0.5) is 0 Å². The number of aryl methyl sites for hydroxylation is 1. The van der Waals surface area contributed by atoms with Gasteiger partial charge in [0, 0.05) is 23.1 Å². The van der Waals surface area contributed by atoms with E-state index in [0.29, 0.717) is 23.8 Å². The molecule has 140 valence electrons. The van der Waals surface area contributed by atoms with Crippen molar-refractivity contribution in [3.8, 4) is 0 Å². The van der Waals surface area contributed by atoms with Crippen molar-refractivity contribution in [3.63, 3.8) is 0 Å². The van der Waals surface area contributed by atoms with E-state index in [1.165, 1.54) is 19.2 Å². The minimum atomic E-state index is -1.39. The molecule has 9 nitrogen and oxygen atoms in total. The minimum Gasteiger partial charge on any atom is -0.475 e. The molecule has 0 spiro atoms. The third kappa shape index (κ3) is 3.14. The molecule has 3 rings (SSSR count). The van der Waals surface area contributed by atoms with E-state index >= 15 is 0 Å². The quantitative estimate of drug-likeness (QED) is 0.513. The SMILES string of the molecule is CCCc1c2oc(C(=O)O)cc(=O)c2cc2c(=NOC)cc(C(=O)O)oc12. The van der Waals surface area contributed by atoms with Crippen molar-refractivity contribution in [3.05, 3.63) is 50.9 Å². The summed E-state index contributed by atoms with van der Waals surface area (Å²) >= 11 is 0. The van der Waals surface area contributed by atoms with E-state index in [1.54, 1.807) is 0 Å². The lowest BCUT2D eigenvalue weighted by Gasteiger charge is -2.10. The Morgan fingerprint density at radius 3 is 2.19 bits per heavy atom. The Kier molecular flexibility index (Phi) is 4.68. The molecule has 2 heterocycles. The number of hydrogen-bond acceptors (Lipinski definition) is 7. The smallest absolute Gasteiger partial charge is 0.371 e. The maximum atomic E-state index is 12.4. The summed E-state index contributed by atoms with van der Waals surface area (Å²) in [5.41, 5.74) is 0.0362. The molecule has 2 N–H and O–H groups in total. The van der Waals surface area contributed by atoms with Crippen LogP contribution in [0.25, 0.3) is 21.9 Å². The summed E-state index contributed by atoms with van der Waals surface area (Å²) in [6.45, 7) is 1.87. The van der Waals surface area contributed by atoms with Crippen molar-refractivity contribution in [2.75, 3.05) is 7.11 Å². The van der Waals surface area contributed by atoms with Gasteiger partial charge in [0.25, 0.3) is 0 Å². The van der Waals surface area contributed by atoms with Crippen LogP contribution in [0, 0.1) is 0 Å². The van der Waals surface area contributed by atoms with Crippen LogP contribution in [-0.4, -0.2) is 29.3 Å². The van der Waals surface area contributed by atoms with Gasteiger partial charge in [0.2, 0.25) is 11.5 Å². The number of fused-ring (bicyclic) bond motifs is 2. The third-order valence-corrected chi connectivity index (χ3v) is 3.93. The Hall–Kier alpha value is -3.62. The summed E-state index contributed by atoms with van der Waals surface area (Å²) in [6.07, 6.45) is 0.970. The fourth-order valence-corrected chi connectivity index (χ4v) is 2.85. The number of carbonyl (C=O) groups is 2. The third-order valence-electron chi connectivity index (χ3n) is 3.93. The lowest BCUT2D eigenvalue weighted by Crippen LogP contribution is -2.12. The van der Waals surface area contributed by atoms with E-state index in [2.05, 4.69) is 5.16 Å². The van der Waals surface area contributed by atoms with E-state index < -0.39 is 23.1 Å². The van der Waals surface area contributed by atoms with Crippen LogP contribution in [-0.2, 0) is 11.3 Å². The number of rotatable bonds is 5. The maximum Gasteiger partial charge on any atom is 0.371 e. The second kappa shape index (κ2) is 6.94. The number of benzene rings is 1. The molecule has 27 heavy (non-hydrogen) atoms. The number of aromatic carboxylic acids is 2. The summed E-state index contributed by atoms with van der Waals surface area (Å²) in [5.74, 6) is -3.59. The Labute approximate surface area is 151 Å². The van der Waals surface area contributed by atoms with E-state index in [9.17, 15) is 19.5 Å². The van der Waals surface area contributed by atoms with Gasteiger partial charge < -0.3 is 23.9 Å². The average molecular weight is 373 g/mol. The van der Waals surface area contributed by atoms with Gasteiger partial charge in [-0.3, -0.25) is 4.79 Å². The molecule has 9 heteroatoms. The molecule has 0 fully saturated rings. The van der Waals surface area contributed by atoms with Gasteiger partial charge in [-0.25, -0.2) is 9.59 Å². The topological polar surface area (TPSA) is 140 Å². The molecular formula is C18H15NO8. The summed E-state index contributed by atoms with van der Waals surface area (Å²) in [4.78, 5) is 39.9. The van der Waals surface area contributed by atoms with Crippen molar-refractivity contribution in [2.45, 2.75) is 19.8 Å². The number of nitrogens with zero attached hydrogens (tertiary/aromatic N) is 1. The fraction of sp³-hybridized carbons (Fsp3) is 0.222. The zero-order chi connectivity index (χ0) is 19.7. The van der Waals surface area contributed by atoms with Crippen LogP contribution in [0.3, 0.4) is 0 Å². The van der Waals surface area contributed by atoms with Gasteiger partial charge in [-0.05, 0) is 12.5 Å². The first-order valence-electron chi connectivity index (χ1n) is 7.98. The van der Waals surface area contributed by atoms with Gasteiger partial charge in [-0.15, -0.1) is 0 Å². The first-order valence-corrected chi connectivity index (χ1v) is 7.98. The highest BCUT2D eigenvalue weighted by Gasteiger charge is 2.20. The van der Waals surface area contributed by atoms with Crippen molar-refractivity contribution in [1.29, 1.82) is 0 Å². The van der Waals surface area contributed by atoms with E-state index in [-0.39, 0.29) is 27.7 Å². The highest BCUT2D eigenvalue weighted by Crippen LogP contribution is 2.28. The van der Waals surface area contributed by atoms with Crippen molar-refractivity contribution < 1.29 is 33.5 Å². The lowest BCUT2D eigenvalue weighted by atomic mass is 10.0. The Bertz CT molecular complexity index is 1200. The van der Waals surface area contributed by atoms with Crippen LogP contribution < -0.4 is 10.8 Å². The first-order chi connectivity index (χ1) is 12.9. The molecular weight excluding hydrogens is 358 g/mol. The van der Waals surface area contributed by atoms with Crippen LogP contribution in [0.2, 0.25) is 0 Å². The van der Waals surface area contributed by atoms with Gasteiger partial charge in [-0.2, -0.15) is 0 Å². The lowest BCUT2D eigenvalue weighted by molar-refractivity contribution is 0.0653. The van der Waals surface area contributed by atoms with Gasteiger partial charge in [0.1, 0.15) is 23.6 Å². The number of hydrogen-bond donors (Lipinski definition) is 2. The molecule has 0 aliphatic carbocycles. The van der Waals surface area contributed by atoms with Crippen molar-refractivity contribution in [2.24, 2.45) is 5.16 Å². The predicted octanol–water partition coefficient (Wildman–Crippen LogP) is 2.35. The zero-order valence-electron chi connectivity index (χ0n) is 14.4. The second-order valence-corrected chi connectivity index (χ2v) is 5.71. The summed E-state index contributed by atoms with van der Waals surface area (Å²) < 4.78 is 10.9. The van der Waals surface area contributed by atoms with Gasteiger partial charge in [0.15, 0.2) is 5.43 Å². The minimum absolute atomic E-state index is 0.0453. The van der Waals surface area contributed by atoms with Crippen LogP contribution in [0.1, 0.15) is 40.0 Å². The van der Waals surface area contributed by atoms with Gasteiger partial charge in [0.05, 0.1) is 5.39 Å². The van der Waals surface area contributed by atoms with E-state index in [0.717, 1.165) is 6.07 Å². The molecule has 0 aliphatic rings. The first kappa shape index (κ1) is 18.2. The molecule has 0 saturated heterocycles. The van der Waals surface area contributed by atoms with Crippen LogP contribution >= 0.6 is 0 Å². The highest BCUT2D eigenvalue weighted by atomic mass is 16.6. The normalized spacial score (nSPS) is 11.9. The molecule has 0 atom stereocenters. The molecule has 2 aromatic heterocycles. The van der Waals surface area contributed by atoms with Gasteiger partial charge in [-0.1, -0.05) is 18.5 Å². The largest absolute Gasteiger partial charge is 0.475 e. The van der Waals surface area contributed by atoms with E-state index in [1.807, 2.05) is 6.92 Å². The Morgan fingerprint density at radius 1 is 1.04 bits per heavy atom. The molecule has 1 aromatic carbocycles. The second-order valence-electron chi connectivity index (χ2n) is 5.71. The van der Waals surface area contributed by atoms with E-state index in [4.69, 9.17) is 18.8 Å². The summed E-state index contributed by atoms with van der Waals surface area (Å²) in [7, 11) is 1.30. The van der Waals surface area contributed by atoms with Crippen molar-refractivity contribution in [1.82, 2.24) is 0 Å². The molecule has 0 radical (unpaired) electrons. The molecule has 0 unspecified atom stereocenters. The highest BCUT2D eigenvalue weighted by molar-refractivity contribution is 5.99. The summed E-state index contributed by atoms with van der Waals surface area (Å²) in [5, 5.41) is 22.9. The molecule has 0 bridgehead atoms.